The first-order chi connectivity index (χ1) is 10.1. The van der Waals surface area contributed by atoms with Gasteiger partial charge < -0.3 is 4.90 Å². The van der Waals surface area contributed by atoms with Crippen LogP contribution in [0.1, 0.15) is 27.1 Å². The van der Waals surface area contributed by atoms with Crippen molar-refractivity contribution in [3.8, 4) is 0 Å². The van der Waals surface area contributed by atoms with Gasteiger partial charge >= 0.3 is 0 Å². The zero-order valence-corrected chi connectivity index (χ0v) is 10.9. The molecule has 1 aromatic rings. The number of hydrogen-bond donors (Lipinski definition) is 1. The van der Waals surface area contributed by atoms with Gasteiger partial charge in [-0.25, -0.2) is 0 Å². The normalized spacial score (nSPS) is 20.3. The summed E-state index contributed by atoms with van der Waals surface area (Å²) >= 11 is 0. The van der Waals surface area contributed by atoms with Crippen molar-refractivity contribution < 1.29 is 14.4 Å². The first-order valence-corrected chi connectivity index (χ1v) is 6.41. The number of rotatable bonds is 3. The lowest BCUT2D eigenvalue weighted by Gasteiger charge is -2.17. The van der Waals surface area contributed by atoms with Crippen molar-refractivity contribution in [2.75, 3.05) is 18.0 Å². The zero-order chi connectivity index (χ0) is 15.0. The monoisotopic (exact) mass is 285 g/mol. The van der Waals surface area contributed by atoms with Crippen molar-refractivity contribution in [3.05, 3.63) is 39.8 Å². The Balaban J connectivity index is 1.87. The van der Waals surface area contributed by atoms with E-state index in [0.717, 1.165) is 0 Å². The Morgan fingerprint density at radius 1 is 1.29 bits per heavy atom. The molecule has 21 heavy (non-hydrogen) atoms. The van der Waals surface area contributed by atoms with E-state index in [0.29, 0.717) is 24.2 Å². The van der Waals surface area contributed by atoms with E-state index in [2.05, 4.69) is 15.3 Å². The van der Waals surface area contributed by atoms with Crippen LogP contribution in [0.2, 0.25) is 0 Å². The SMILES string of the molecule is [N-]=[N+]=NCC1CC(=O)N(c2ccc3c(c2)C(=O)NC3=O)C1. The number of anilines is 1. The number of benzene rings is 1. The highest BCUT2D eigenvalue weighted by Gasteiger charge is 2.32. The van der Waals surface area contributed by atoms with E-state index in [-0.39, 0.29) is 23.9 Å². The van der Waals surface area contributed by atoms with Crippen LogP contribution in [0.5, 0.6) is 0 Å². The van der Waals surface area contributed by atoms with Crippen LogP contribution in [0.4, 0.5) is 5.69 Å². The summed E-state index contributed by atoms with van der Waals surface area (Å²) in [7, 11) is 0. The maximum Gasteiger partial charge on any atom is 0.259 e. The minimum Gasteiger partial charge on any atom is -0.312 e. The summed E-state index contributed by atoms with van der Waals surface area (Å²) in [5, 5.41) is 5.70. The van der Waals surface area contributed by atoms with Gasteiger partial charge in [-0.1, -0.05) is 5.11 Å². The second kappa shape index (κ2) is 4.92. The smallest absolute Gasteiger partial charge is 0.259 e. The number of nitrogens with one attached hydrogen (secondary N) is 1. The Bertz CT molecular complexity index is 708. The molecule has 1 fully saturated rings. The van der Waals surface area contributed by atoms with Gasteiger partial charge in [0, 0.05) is 30.1 Å². The fraction of sp³-hybridized carbons (Fsp3) is 0.308. The molecular formula is C13H11N5O3. The van der Waals surface area contributed by atoms with E-state index in [1.807, 2.05) is 0 Å². The zero-order valence-electron chi connectivity index (χ0n) is 10.9. The maximum absolute atomic E-state index is 12.0. The molecule has 2 aliphatic heterocycles. The van der Waals surface area contributed by atoms with Crippen LogP contribution in [-0.4, -0.2) is 30.8 Å². The van der Waals surface area contributed by atoms with Crippen molar-refractivity contribution in [3.63, 3.8) is 0 Å². The highest BCUT2D eigenvalue weighted by molar-refractivity contribution is 6.22. The summed E-state index contributed by atoms with van der Waals surface area (Å²) in [6, 6.07) is 4.73. The standard InChI is InChI=1S/C13H11N5O3/c14-17-15-5-7-3-11(19)18(6-7)8-1-2-9-10(4-8)13(21)16-12(9)20/h1-2,4,7H,3,5-6H2,(H,16,20,21). The third kappa shape index (κ3) is 2.21. The molecule has 3 rings (SSSR count). The molecule has 1 N–H and O–H groups in total. The minimum absolute atomic E-state index is 0.0305. The Morgan fingerprint density at radius 2 is 2.05 bits per heavy atom. The van der Waals surface area contributed by atoms with Crippen LogP contribution in [0.3, 0.4) is 0 Å². The molecule has 1 saturated heterocycles. The topological polar surface area (TPSA) is 115 Å². The van der Waals surface area contributed by atoms with E-state index in [9.17, 15) is 14.4 Å². The summed E-state index contributed by atoms with van der Waals surface area (Å²) in [5.41, 5.74) is 9.50. The molecule has 0 aromatic heterocycles. The van der Waals surface area contributed by atoms with Gasteiger partial charge in [0.1, 0.15) is 0 Å². The van der Waals surface area contributed by atoms with Crippen LogP contribution in [0, 0.1) is 5.92 Å². The lowest BCUT2D eigenvalue weighted by Crippen LogP contribution is -2.25. The number of imide groups is 1. The number of nitrogens with zero attached hydrogens (tertiary/aromatic N) is 4. The lowest BCUT2D eigenvalue weighted by molar-refractivity contribution is -0.117. The second-order valence-electron chi connectivity index (χ2n) is 5.00. The molecule has 1 unspecified atom stereocenters. The van der Waals surface area contributed by atoms with Crippen LogP contribution < -0.4 is 10.2 Å². The van der Waals surface area contributed by atoms with Crippen molar-refractivity contribution >= 4 is 23.4 Å². The summed E-state index contributed by atoms with van der Waals surface area (Å²) < 4.78 is 0. The molecule has 2 heterocycles. The molecule has 0 bridgehead atoms. The van der Waals surface area contributed by atoms with Gasteiger partial charge in [0.15, 0.2) is 0 Å². The van der Waals surface area contributed by atoms with Crippen LogP contribution in [0.25, 0.3) is 10.4 Å². The first-order valence-electron chi connectivity index (χ1n) is 6.41. The van der Waals surface area contributed by atoms with E-state index in [4.69, 9.17) is 5.53 Å². The Kier molecular flexibility index (Phi) is 3.08. The van der Waals surface area contributed by atoms with Gasteiger partial charge in [0.25, 0.3) is 11.8 Å². The largest absolute Gasteiger partial charge is 0.312 e. The molecule has 3 amide bonds. The fourth-order valence-electron chi connectivity index (χ4n) is 2.63. The molecule has 0 saturated carbocycles. The summed E-state index contributed by atoms with van der Waals surface area (Å²) in [5.74, 6) is -0.986. The van der Waals surface area contributed by atoms with E-state index < -0.39 is 11.8 Å². The molecule has 2 aliphatic rings. The fourth-order valence-corrected chi connectivity index (χ4v) is 2.63. The van der Waals surface area contributed by atoms with Crippen LogP contribution in [0.15, 0.2) is 23.3 Å². The lowest BCUT2D eigenvalue weighted by atomic mass is 10.1. The number of carbonyl (C=O) groups is 3. The Labute approximate surface area is 119 Å². The predicted molar refractivity (Wildman–Crippen MR) is 72.7 cm³/mol. The van der Waals surface area contributed by atoms with E-state index in [1.54, 1.807) is 23.1 Å². The molecule has 106 valence electrons. The highest BCUT2D eigenvalue weighted by atomic mass is 16.2. The Hall–Kier alpha value is -2.86. The molecule has 8 nitrogen and oxygen atoms in total. The van der Waals surface area contributed by atoms with Gasteiger partial charge in [0.05, 0.1) is 11.1 Å². The quantitative estimate of drug-likeness (QED) is 0.389. The number of carbonyl (C=O) groups excluding carboxylic acids is 3. The van der Waals surface area contributed by atoms with Crippen molar-refractivity contribution in [2.45, 2.75) is 6.42 Å². The van der Waals surface area contributed by atoms with Gasteiger partial charge in [-0.15, -0.1) is 0 Å². The number of fused-ring (bicyclic) bond motifs is 1. The van der Waals surface area contributed by atoms with Crippen molar-refractivity contribution in [1.82, 2.24) is 5.32 Å². The average Bonchev–Trinajstić information content (AvgIpc) is 2.97. The molecule has 1 atom stereocenters. The number of amides is 3. The number of hydrogen-bond acceptors (Lipinski definition) is 4. The van der Waals surface area contributed by atoms with Gasteiger partial charge in [-0.3, -0.25) is 19.7 Å². The Morgan fingerprint density at radius 3 is 2.81 bits per heavy atom. The molecular weight excluding hydrogens is 274 g/mol. The third-order valence-corrected chi connectivity index (χ3v) is 3.64. The average molecular weight is 285 g/mol. The molecule has 0 radical (unpaired) electrons. The summed E-state index contributed by atoms with van der Waals surface area (Å²) in [4.78, 5) is 39.4. The third-order valence-electron chi connectivity index (χ3n) is 3.64. The molecule has 8 heteroatoms. The van der Waals surface area contributed by atoms with E-state index in [1.165, 1.54) is 0 Å². The predicted octanol–water partition coefficient (Wildman–Crippen LogP) is 1.23. The minimum atomic E-state index is -0.450. The maximum atomic E-state index is 12.0. The summed E-state index contributed by atoms with van der Waals surface area (Å²) in [6.07, 6.45) is 0.307. The summed E-state index contributed by atoms with van der Waals surface area (Å²) in [6.45, 7) is 0.703. The van der Waals surface area contributed by atoms with Gasteiger partial charge in [0.2, 0.25) is 5.91 Å². The molecule has 0 aliphatic carbocycles. The molecule has 0 spiro atoms. The second-order valence-corrected chi connectivity index (χ2v) is 5.00. The van der Waals surface area contributed by atoms with E-state index >= 15 is 0 Å². The van der Waals surface area contributed by atoms with Gasteiger partial charge in [-0.2, -0.15) is 0 Å². The molecule has 1 aromatic carbocycles. The number of azide groups is 1. The first kappa shape index (κ1) is 13.1. The highest BCUT2D eigenvalue weighted by Crippen LogP contribution is 2.28. The van der Waals surface area contributed by atoms with Crippen molar-refractivity contribution in [1.29, 1.82) is 0 Å². The van der Waals surface area contributed by atoms with Gasteiger partial charge in [-0.05, 0) is 29.6 Å². The van der Waals surface area contributed by atoms with Crippen LogP contribution >= 0.6 is 0 Å². The van der Waals surface area contributed by atoms with Crippen molar-refractivity contribution in [2.24, 2.45) is 11.0 Å². The van der Waals surface area contributed by atoms with Crippen LogP contribution in [-0.2, 0) is 4.79 Å².